The molecule has 19 heavy (non-hydrogen) atoms. The minimum absolute atomic E-state index is 0.524. The van der Waals surface area contributed by atoms with Crippen LogP contribution in [0.1, 0.15) is 32.4 Å². The zero-order chi connectivity index (χ0) is 13.4. The molecular formula is C16H21N3. The summed E-state index contributed by atoms with van der Waals surface area (Å²) in [7, 11) is 0. The number of nitrogens with zero attached hydrogens (tertiary/aromatic N) is 2. The maximum absolute atomic E-state index is 4.37. The van der Waals surface area contributed by atoms with Crippen molar-refractivity contribution in [3.8, 4) is 0 Å². The van der Waals surface area contributed by atoms with Crippen LogP contribution < -0.4 is 5.32 Å². The molecule has 0 spiro atoms. The van der Waals surface area contributed by atoms with E-state index in [4.69, 9.17) is 0 Å². The van der Waals surface area contributed by atoms with Gasteiger partial charge in [-0.3, -0.25) is 0 Å². The minimum Gasteiger partial charge on any atom is -0.365 e. The van der Waals surface area contributed by atoms with Crippen molar-refractivity contribution in [2.45, 2.75) is 39.7 Å². The molecule has 100 valence electrons. The Balaban J connectivity index is 1.96. The van der Waals surface area contributed by atoms with Crippen molar-refractivity contribution in [3.63, 3.8) is 0 Å². The average molecular weight is 255 g/mol. The van der Waals surface area contributed by atoms with Crippen molar-refractivity contribution in [2.75, 3.05) is 5.32 Å². The molecule has 3 nitrogen and oxygen atoms in total. The van der Waals surface area contributed by atoms with Gasteiger partial charge < -0.3 is 5.32 Å². The number of hydrogen-bond donors (Lipinski definition) is 1. The van der Waals surface area contributed by atoms with Gasteiger partial charge in [-0.05, 0) is 31.6 Å². The Bertz CT molecular complexity index is 594. The summed E-state index contributed by atoms with van der Waals surface area (Å²) in [6.07, 6.45) is 2.53. The molecule has 0 amide bonds. The Hall–Kier alpha value is -1.64. The molecule has 1 aliphatic rings. The monoisotopic (exact) mass is 255 g/mol. The predicted molar refractivity (Wildman–Crippen MR) is 79.2 cm³/mol. The van der Waals surface area contributed by atoms with E-state index in [0.29, 0.717) is 12.0 Å². The number of hydrogen-bond acceptors (Lipinski definition) is 3. The second-order valence-electron chi connectivity index (χ2n) is 5.84. The largest absolute Gasteiger partial charge is 0.365 e. The minimum atomic E-state index is 0.524. The second kappa shape index (κ2) is 4.80. The Morgan fingerprint density at radius 2 is 1.79 bits per heavy atom. The number of aromatic nitrogens is 2. The topological polar surface area (TPSA) is 37.8 Å². The molecule has 0 saturated heterocycles. The van der Waals surface area contributed by atoms with Crippen molar-refractivity contribution in [1.82, 2.24) is 10.2 Å². The van der Waals surface area contributed by atoms with Crippen LogP contribution in [0.15, 0.2) is 24.3 Å². The van der Waals surface area contributed by atoms with Gasteiger partial charge in [-0.1, -0.05) is 38.1 Å². The standard InChI is InChI=1S/C16H21N3/c1-10-8-9-15(11(10)2)17-16-14-7-5-4-6-13(14)12(3)18-19-16/h4-7,10-11,15H,8-9H2,1-3H3,(H,17,19). The number of aryl methyl sites for hydroxylation is 1. The summed E-state index contributed by atoms with van der Waals surface area (Å²) in [5, 5.41) is 14.6. The third-order valence-electron chi connectivity index (χ3n) is 4.66. The molecule has 0 bridgehead atoms. The highest BCUT2D eigenvalue weighted by Gasteiger charge is 2.30. The molecule has 3 rings (SSSR count). The van der Waals surface area contributed by atoms with Crippen molar-refractivity contribution in [2.24, 2.45) is 11.8 Å². The Labute approximate surface area is 114 Å². The summed E-state index contributed by atoms with van der Waals surface area (Å²) >= 11 is 0. The zero-order valence-electron chi connectivity index (χ0n) is 11.9. The van der Waals surface area contributed by atoms with Gasteiger partial charge in [-0.2, -0.15) is 5.10 Å². The predicted octanol–water partition coefficient (Wildman–Crippen LogP) is 3.78. The molecular weight excluding hydrogens is 234 g/mol. The van der Waals surface area contributed by atoms with E-state index in [1.165, 1.54) is 23.6 Å². The van der Waals surface area contributed by atoms with Gasteiger partial charge in [0.15, 0.2) is 5.82 Å². The number of rotatable bonds is 2. The smallest absolute Gasteiger partial charge is 0.156 e. The van der Waals surface area contributed by atoms with E-state index in [0.717, 1.165) is 17.4 Å². The highest BCUT2D eigenvalue weighted by molar-refractivity contribution is 5.92. The van der Waals surface area contributed by atoms with Crippen LogP contribution in [0, 0.1) is 18.8 Å². The first-order valence-electron chi connectivity index (χ1n) is 7.15. The lowest BCUT2D eigenvalue weighted by Gasteiger charge is -2.21. The molecule has 1 heterocycles. The fraction of sp³-hybridized carbons (Fsp3) is 0.500. The SMILES string of the molecule is Cc1nnc(NC2CCC(C)C2C)c2ccccc12. The first-order valence-corrected chi connectivity index (χ1v) is 7.15. The van der Waals surface area contributed by atoms with Gasteiger partial charge in [0.1, 0.15) is 0 Å². The maximum atomic E-state index is 4.37. The van der Waals surface area contributed by atoms with Crippen molar-refractivity contribution in [3.05, 3.63) is 30.0 Å². The highest BCUT2D eigenvalue weighted by Crippen LogP contribution is 2.34. The van der Waals surface area contributed by atoms with E-state index in [1.807, 2.05) is 6.92 Å². The molecule has 1 N–H and O–H groups in total. The molecule has 3 atom stereocenters. The third kappa shape index (κ3) is 2.18. The first-order chi connectivity index (χ1) is 9.16. The Morgan fingerprint density at radius 3 is 2.47 bits per heavy atom. The molecule has 1 saturated carbocycles. The van der Waals surface area contributed by atoms with Crippen molar-refractivity contribution in [1.29, 1.82) is 0 Å². The lowest BCUT2D eigenvalue weighted by atomic mass is 9.97. The van der Waals surface area contributed by atoms with Gasteiger partial charge in [0.2, 0.25) is 0 Å². The van der Waals surface area contributed by atoms with E-state index in [9.17, 15) is 0 Å². The maximum Gasteiger partial charge on any atom is 0.156 e. The fourth-order valence-corrected chi connectivity index (χ4v) is 3.09. The molecule has 1 aromatic heterocycles. The third-order valence-corrected chi connectivity index (χ3v) is 4.66. The van der Waals surface area contributed by atoms with Crippen LogP contribution in [0.2, 0.25) is 0 Å². The van der Waals surface area contributed by atoms with E-state index < -0.39 is 0 Å². The fourth-order valence-electron chi connectivity index (χ4n) is 3.09. The summed E-state index contributed by atoms with van der Waals surface area (Å²) in [6, 6.07) is 8.89. The van der Waals surface area contributed by atoms with Crippen LogP contribution >= 0.6 is 0 Å². The molecule has 3 heteroatoms. The lowest BCUT2D eigenvalue weighted by molar-refractivity contribution is 0.435. The molecule has 0 aliphatic heterocycles. The van der Waals surface area contributed by atoms with Crippen molar-refractivity contribution < 1.29 is 0 Å². The number of fused-ring (bicyclic) bond motifs is 1. The van der Waals surface area contributed by atoms with Crippen LogP contribution in [-0.2, 0) is 0 Å². The van der Waals surface area contributed by atoms with Gasteiger partial charge in [0, 0.05) is 16.8 Å². The summed E-state index contributed by atoms with van der Waals surface area (Å²) < 4.78 is 0. The van der Waals surface area contributed by atoms with Crippen molar-refractivity contribution >= 4 is 16.6 Å². The summed E-state index contributed by atoms with van der Waals surface area (Å²) in [6.45, 7) is 6.68. The van der Waals surface area contributed by atoms with E-state index in [-0.39, 0.29) is 0 Å². The quantitative estimate of drug-likeness (QED) is 0.887. The van der Waals surface area contributed by atoms with E-state index >= 15 is 0 Å². The summed E-state index contributed by atoms with van der Waals surface area (Å²) in [5.74, 6) is 2.43. The van der Waals surface area contributed by atoms with Crippen LogP contribution in [0.4, 0.5) is 5.82 Å². The summed E-state index contributed by atoms with van der Waals surface area (Å²) in [4.78, 5) is 0. The van der Waals surface area contributed by atoms with E-state index in [2.05, 4.69) is 53.6 Å². The zero-order valence-corrected chi connectivity index (χ0v) is 11.9. The highest BCUT2D eigenvalue weighted by atomic mass is 15.2. The lowest BCUT2D eigenvalue weighted by Crippen LogP contribution is -2.24. The average Bonchev–Trinajstić information content (AvgIpc) is 2.74. The molecule has 1 fully saturated rings. The molecule has 0 radical (unpaired) electrons. The van der Waals surface area contributed by atoms with Crippen LogP contribution in [-0.4, -0.2) is 16.2 Å². The van der Waals surface area contributed by atoms with Crippen LogP contribution in [0.3, 0.4) is 0 Å². The van der Waals surface area contributed by atoms with Gasteiger partial charge in [-0.25, -0.2) is 0 Å². The number of nitrogens with one attached hydrogen (secondary N) is 1. The number of benzene rings is 1. The van der Waals surface area contributed by atoms with E-state index in [1.54, 1.807) is 0 Å². The molecule has 1 aromatic carbocycles. The summed E-state index contributed by atoms with van der Waals surface area (Å²) in [5.41, 5.74) is 0.994. The molecule has 3 unspecified atom stereocenters. The molecule has 1 aliphatic carbocycles. The molecule has 2 aromatic rings. The number of anilines is 1. The normalized spacial score (nSPS) is 26.8. The van der Waals surface area contributed by atoms with Gasteiger partial charge in [0.05, 0.1) is 5.69 Å². The Kier molecular flexibility index (Phi) is 3.13. The Morgan fingerprint density at radius 1 is 1.05 bits per heavy atom. The van der Waals surface area contributed by atoms with Gasteiger partial charge in [-0.15, -0.1) is 5.10 Å². The van der Waals surface area contributed by atoms with Gasteiger partial charge in [0.25, 0.3) is 0 Å². The second-order valence-corrected chi connectivity index (χ2v) is 5.84. The van der Waals surface area contributed by atoms with Crippen LogP contribution in [0.5, 0.6) is 0 Å². The van der Waals surface area contributed by atoms with Crippen LogP contribution in [0.25, 0.3) is 10.8 Å². The first kappa shape index (κ1) is 12.4. The van der Waals surface area contributed by atoms with Gasteiger partial charge >= 0.3 is 0 Å².